The Bertz CT molecular complexity index is 1410. The first kappa shape index (κ1) is 22.9. The van der Waals surface area contributed by atoms with Crippen molar-refractivity contribution in [3.05, 3.63) is 69.8 Å². The summed E-state index contributed by atoms with van der Waals surface area (Å²) in [6, 6.07) is 11.4. The average molecular weight is 503 g/mol. The predicted octanol–water partition coefficient (Wildman–Crippen LogP) is 3.49. The number of sulfone groups is 1. The number of ether oxygens (including phenoxy) is 1. The smallest absolute Gasteiger partial charge is 0.343 e. The number of nitrogens with zero attached hydrogens (tertiary/aromatic N) is 3. The molecule has 0 aromatic heterocycles. The highest BCUT2D eigenvalue weighted by molar-refractivity contribution is 8.42. The number of hydrogen-bond donors (Lipinski definition) is 1. The number of amidine groups is 2. The van der Waals surface area contributed by atoms with Gasteiger partial charge in [-0.2, -0.15) is 10.0 Å². The average Bonchev–Trinajstić information content (AvgIpc) is 3.18. The van der Waals surface area contributed by atoms with Gasteiger partial charge in [0.15, 0.2) is 5.84 Å². The lowest BCUT2D eigenvalue weighted by molar-refractivity contribution is -0.114. The number of fused-ring (bicyclic) bond motifs is 1. The molecule has 2 aliphatic rings. The van der Waals surface area contributed by atoms with Gasteiger partial charge in [0, 0.05) is 6.26 Å². The molecule has 2 heterocycles. The number of rotatable bonds is 3. The number of hydrazone groups is 1. The molecule has 0 atom stereocenters. The van der Waals surface area contributed by atoms with E-state index in [1.54, 1.807) is 30.3 Å². The number of thioether (sulfide) groups is 1. The van der Waals surface area contributed by atoms with Gasteiger partial charge in [-0.1, -0.05) is 35.4 Å². The van der Waals surface area contributed by atoms with E-state index in [1.807, 2.05) is 6.92 Å². The minimum Gasteiger partial charge on any atom is -0.421 e. The third-order valence-electron chi connectivity index (χ3n) is 4.51. The largest absolute Gasteiger partial charge is 0.421 e. The van der Waals surface area contributed by atoms with E-state index in [9.17, 15) is 18.0 Å². The summed E-state index contributed by atoms with van der Waals surface area (Å²) < 4.78 is 28.6. The summed E-state index contributed by atoms with van der Waals surface area (Å²) in [5.74, 6) is -1.47. The Labute approximate surface area is 198 Å². The van der Waals surface area contributed by atoms with Gasteiger partial charge in [0.05, 0.1) is 16.2 Å². The van der Waals surface area contributed by atoms with E-state index in [4.69, 9.17) is 21.7 Å². The van der Waals surface area contributed by atoms with E-state index in [2.05, 4.69) is 10.1 Å². The molecule has 12 heteroatoms. The molecule has 0 saturated heterocycles. The van der Waals surface area contributed by atoms with Crippen LogP contribution >= 0.6 is 23.4 Å². The van der Waals surface area contributed by atoms with Crippen molar-refractivity contribution in [2.45, 2.75) is 6.92 Å². The minimum absolute atomic E-state index is 0.000951. The van der Waals surface area contributed by atoms with Crippen LogP contribution < -0.4 is 4.74 Å². The second-order valence-corrected chi connectivity index (χ2v) is 10.7. The van der Waals surface area contributed by atoms with E-state index in [0.717, 1.165) is 16.8 Å². The van der Waals surface area contributed by atoms with Gasteiger partial charge in [0.1, 0.15) is 5.75 Å². The van der Waals surface area contributed by atoms with Crippen LogP contribution in [0.5, 0.6) is 5.75 Å². The Balaban J connectivity index is 1.57. The molecule has 0 saturated carbocycles. The van der Waals surface area contributed by atoms with Crippen LogP contribution in [0.4, 0.5) is 0 Å². The fraction of sp³-hybridized carbons (Fsp3) is 0.0952. The van der Waals surface area contributed by atoms with Crippen molar-refractivity contribution in [1.82, 2.24) is 5.01 Å². The predicted molar refractivity (Wildman–Crippen MR) is 127 cm³/mol. The Kier molecular flexibility index (Phi) is 5.95. The summed E-state index contributed by atoms with van der Waals surface area (Å²) >= 11 is 6.97. The number of carbonyl (C=O) groups is 2. The van der Waals surface area contributed by atoms with Crippen molar-refractivity contribution in [1.29, 1.82) is 5.41 Å². The lowest BCUT2D eigenvalue weighted by Gasteiger charge is -2.20. The summed E-state index contributed by atoms with van der Waals surface area (Å²) in [5, 5.41) is 13.3. The zero-order chi connectivity index (χ0) is 23.9. The van der Waals surface area contributed by atoms with Gasteiger partial charge >= 0.3 is 5.97 Å². The number of nitrogens with one attached hydrogen (secondary N) is 1. The monoisotopic (exact) mass is 502 g/mol. The fourth-order valence-corrected chi connectivity index (χ4v) is 4.74. The van der Waals surface area contributed by atoms with E-state index in [-0.39, 0.29) is 31.7 Å². The molecular formula is C21H15ClN4O5S2. The molecule has 1 N–H and O–H groups in total. The van der Waals surface area contributed by atoms with Gasteiger partial charge in [0.2, 0.25) is 19.4 Å². The number of hydrogen-bond acceptors (Lipinski definition) is 8. The molecule has 4 rings (SSSR count). The zero-order valence-corrected chi connectivity index (χ0v) is 19.6. The summed E-state index contributed by atoms with van der Waals surface area (Å²) in [5.41, 5.74) is 1.72. The van der Waals surface area contributed by atoms with Crippen LogP contribution in [0.3, 0.4) is 0 Å². The van der Waals surface area contributed by atoms with Gasteiger partial charge in [-0.25, -0.2) is 13.2 Å². The highest BCUT2D eigenvalue weighted by atomic mass is 35.5. The molecular weight excluding hydrogens is 488 g/mol. The molecule has 2 aromatic carbocycles. The summed E-state index contributed by atoms with van der Waals surface area (Å²) in [7, 11) is -3.62. The second kappa shape index (κ2) is 8.58. The van der Waals surface area contributed by atoms with Crippen molar-refractivity contribution in [3.63, 3.8) is 0 Å². The lowest BCUT2D eigenvalue weighted by Crippen LogP contribution is -2.35. The van der Waals surface area contributed by atoms with Crippen molar-refractivity contribution in [3.8, 4) is 5.75 Å². The van der Waals surface area contributed by atoms with Crippen LogP contribution in [0.25, 0.3) is 6.08 Å². The normalized spacial score (nSPS) is 17.1. The third kappa shape index (κ3) is 4.75. The molecule has 33 heavy (non-hydrogen) atoms. The molecule has 0 aliphatic carbocycles. The van der Waals surface area contributed by atoms with Crippen LogP contribution in [0.15, 0.2) is 58.1 Å². The Hall–Kier alpha value is -3.28. The molecule has 2 aromatic rings. The molecule has 0 fully saturated rings. The SMILES string of the molecule is Cc1ccc(C(=O)Oc2ccc(/C=C3\C(=N)N4N=C(S(C)(=O)=O)SC4=NC3=O)cc2Cl)cc1. The van der Waals surface area contributed by atoms with Gasteiger partial charge in [-0.15, -0.1) is 5.10 Å². The summed E-state index contributed by atoms with van der Waals surface area (Å²) in [6.07, 6.45) is 2.36. The van der Waals surface area contributed by atoms with E-state index < -0.39 is 21.7 Å². The van der Waals surface area contributed by atoms with Crippen molar-refractivity contribution >= 4 is 66.5 Å². The van der Waals surface area contributed by atoms with E-state index >= 15 is 0 Å². The Morgan fingerprint density at radius 2 is 1.91 bits per heavy atom. The highest BCUT2D eigenvalue weighted by Gasteiger charge is 2.38. The molecule has 9 nitrogen and oxygen atoms in total. The fourth-order valence-electron chi connectivity index (χ4n) is 2.83. The number of halogens is 1. The molecule has 0 spiro atoms. The Morgan fingerprint density at radius 3 is 2.55 bits per heavy atom. The molecule has 168 valence electrons. The Morgan fingerprint density at radius 1 is 1.21 bits per heavy atom. The van der Waals surface area contributed by atoms with Gasteiger partial charge in [0.25, 0.3) is 5.91 Å². The number of aliphatic imine (C=N–C) groups is 1. The second-order valence-electron chi connectivity index (χ2n) is 7.10. The number of amides is 1. The molecule has 0 radical (unpaired) electrons. The topological polar surface area (TPSA) is 129 Å². The number of esters is 1. The number of carbonyl (C=O) groups excluding carboxylic acids is 2. The standard InChI is InChI=1S/C21H15ClN4O5S2/c1-11-3-6-13(7-4-11)19(28)31-16-8-5-12(10-15(16)22)9-14-17(23)26-20(24-18(14)27)32-21(25-26)33(2,29)30/h3-10,23H,1-2H3/b14-9+,23-17?. The maximum atomic E-state index is 12.4. The maximum Gasteiger partial charge on any atom is 0.343 e. The van der Waals surface area contributed by atoms with Gasteiger partial charge in [-0.05, 0) is 54.6 Å². The van der Waals surface area contributed by atoms with Crippen LogP contribution in [0.2, 0.25) is 5.02 Å². The van der Waals surface area contributed by atoms with Crippen molar-refractivity contribution in [2.24, 2.45) is 10.1 Å². The quantitative estimate of drug-likeness (QED) is 0.386. The van der Waals surface area contributed by atoms with E-state index in [0.29, 0.717) is 22.9 Å². The zero-order valence-electron chi connectivity index (χ0n) is 17.2. The number of benzene rings is 2. The van der Waals surface area contributed by atoms with Gasteiger partial charge < -0.3 is 4.74 Å². The van der Waals surface area contributed by atoms with Crippen molar-refractivity contribution < 1.29 is 22.7 Å². The first-order valence-corrected chi connectivity index (χ1v) is 12.4. The number of aryl methyl sites for hydroxylation is 1. The third-order valence-corrected chi connectivity index (χ3v) is 7.38. The lowest BCUT2D eigenvalue weighted by atomic mass is 10.1. The highest BCUT2D eigenvalue weighted by Crippen LogP contribution is 2.31. The first-order chi connectivity index (χ1) is 15.5. The summed E-state index contributed by atoms with van der Waals surface area (Å²) in [6.45, 7) is 1.90. The minimum atomic E-state index is -3.62. The van der Waals surface area contributed by atoms with Gasteiger partial charge in [-0.3, -0.25) is 10.2 Å². The van der Waals surface area contributed by atoms with Crippen LogP contribution in [-0.2, 0) is 14.6 Å². The summed E-state index contributed by atoms with van der Waals surface area (Å²) in [4.78, 5) is 28.6. The maximum absolute atomic E-state index is 12.4. The molecule has 2 aliphatic heterocycles. The molecule has 0 bridgehead atoms. The molecule has 1 amide bonds. The van der Waals surface area contributed by atoms with Crippen LogP contribution in [0.1, 0.15) is 21.5 Å². The van der Waals surface area contributed by atoms with Crippen molar-refractivity contribution in [2.75, 3.05) is 6.26 Å². The first-order valence-electron chi connectivity index (χ1n) is 9.31. The van der Waals surface area contributed by atoms with Crippen LogP contribution in [-0.4, -0.2) is 46.9 Å². The van der Waals surface area contributed by atoms with Crippen LogP contribution in [0, 0.1) is 12.3 Å². The van der Waals surface area contributed by atoms with E-state index in [1.165, 1.54) is 18.2 Å². The molecule has 0 unspecified atom stereocenters.